The Morgan fingerprint density at radius 2 is 2.00 bits per heavy atom. The highest BCUT2D eigenvalue weighted by Gasteiger charge is 2.15. The zero-order chi connectivity index (χ0) is 12.7. The maximum atomic E-state index is 12.6. The fraction of sp³-hybridized carbons (Fsp3) is 0.462. The monoisotopic (exact) mass is 252 g/mol. The lowest BCUT2D eigenvalue weighted by atomic mass is 9.99. The summed E-state index contributed by atoms with van der Waals surface area (Å²) in [6, 6.07) is 8.58. The lowest BCUT2D eigenvalue weighted by Gasteiger charge is -2.14. The van der Waals surface area contributed by atoms with Gasteiger partial charge in [0.2, 0.25) is 0 Å². The summed E-state index contributed by atoms with van der Waals surface area (Å²) in [6.07, 6.45) is 2.67. The van der Waals surface area contributed by atoms with E-state index in [1.54, 1.807) is 30.8 Å². The van der Waals surface area contributed by atoms with Crippen LogP contribution in [-0.2, 0) is 0 Å². The molecule has 0 aliphatic rings. The first kappa shape index (κ1) is 14.0. The minimum Gasteiger partial charge on any atom is -0.314 e. The Morgan fingerprint density at radius 3 is 2.59 bits per heavy atom. The molecule has 1 unspecified atom stereocenters. The summed E-state index contributed by atoms with van der Waals surface area (Å²) in [6.45, 7) is 1.75. The van der Waals surface area contributed by atoms with Crippen molar-refractivity contribution in [2.24, 2.45) is 5.73 Å². The molecular weight excluding hydrogens is 235 g/mol. The zero-order valence-electron chi connectivity index (χ0n) is 9.95. The van der Waals surface area contributed by atoms with Crippen LogP contribution >= 0.6 is 11.8 Å². The molecule has 2 N–H and O–H groups in total. The van der Waals surface area contributed by atoms with Crippen molar-refractivity contribution in [1.82, 2.24) is 0 Å². The number of nitriles is 1. The number of thioether (sulfide) groups is 1. The van der Waals surface area contributed by atoms with Crippen LogP contribution in [0.3, 0.4) is 0 Å². The molecule has 4 heteroatoms. The van der Waals surface area contributed by atoms with Gasteiger partial charge in [0, 0.05) is 4.90 Å². The van der Waals surface area contributed by atoms with Crippen LogP contribution in [0.25, 0.3) is 0 Å². The second-order valence-electron chi connectivity index (χ2n) is 4.29. The number of hydrogen-bond donors (Lipinski definition) is 1. The van der Waals surface area contributed by atoms with Gasteiger partial charge in [0.25, 0.3) is 0 Å². The van der Waals surface area contributed by atoms with Crippen molar-refractivity contribution in [3.8, 4) is 6.07 Å². The Kier molecular flexibility index (Phi) is 5.46. The SMILES string of the molecule is CC(N)(C#N)CCCCSc1ccc(F)cc1. The molecule has 0 saturated carbocycles. The van der Waals surface area contributed by atoms with Gasteiger partial charge in [0.05, 0.1) is 6.07 Å². The molecule has 0 aromatic heterocycles. The van der Waals surface area contributed by atoms with Gasteiger partial charge in [-0.15, -0.1) is 11.8 Å². The van der Waals surface area contributed by atoms with Crippen LogP contribution < -0.4 is 5.73 Å². The highest BCUT2D eigenvalue weighted by atomic mass is 32.2. The van der Waals surface area contributed by atoms with Crippen LogP contribution in [0, 0.1) is 17.1 Å². The highest BCUT2D eigenvalue weighted by Crippen LogP contribution is 2.20. The third-order valence-corrected chi connectivity index (χ3v) is 3.53. The summed E-state index contributed by atoms with van der Waals surface area (Å²) in [4.78, 5) is 1.07. The van der Waals surface area contributed by atoms with Crippen molar-refractivity contribution < 1.29 is 4.39 Å². The number of hydrogen-bond acceptors (Lipinski definition) is 3. The van der Waals surface area contributed by atoms with Gasteiger partial charge in [0.1, 0.15) is 11.4 Å². The second-order valence-corrected chi connectivity index (χ2v) is 5.46. The zero-order valence-corrected chi connectivity index (χ0v) is 10.8. The number of nitrogens with two attached hydrogens (primary N) is 1. The molecule has 1 rings (SSSR count). The predicted molar refractivity (Wildman–Crippen MR) is 69.2 cm³/mol. The summed E-state index contributed by atoms with van der Waals surface area (Å²) in [5.74, 6) is 0.759. The van der Waals surface area contributed by atoms with E-state index < -0.39 is 5.54 Å². The van der Waals surface area contributed by atoms with Crippen molar-refractivity contribution in [3.05, 3.63) is 30.1 Å². The summed E-state index contributed by atoms with van der Waals surface area (Å²) in [5.41, 5.74) is 5.01. The Bertz CT molecular complexity index is 381. The lowest BCUT2D eigenvalue weighted by Crippen LogP contribution is -2.33. The van der Waals surface area contributed by atoms with E-state index in [1.165, 1.54) is 12.1 Å². The van der Waals surface area contributed by atoms with Crippen LogP contribution in [0.4, 0.5) is 4.39 Å². The third-order valence-electron chi connectivity index (χ3n) is 2.43. The third kappa shape index (κ3) is 5.71. The maximum Gasteiger partial charge on any atom is 0.123 e. The Hall–Kier alpha value is -1.05. The van der Waals surface area contributed by atoms with E-state index in [4.69, 9.17) is 11.0 Å². The number of rotatable bonds is 6. The van der Waals surface area contributed by atoms with Gasteiger partial charge in [-0.3, -0.25) is 0 Å². The van der Waals surface area contributed by atoms with Crippen LogP contribution in [0.2, 0.25) is 0 Å². The summed E-state index contributed by atoms with van der Waals surface area (Å²) in [7, 11) is 0. The summed E-state index contributed by atoms with van der Waals surface area (Å²) in [5, 5.41) is 8.74. The van der Waals surface area contributed by atoms with E-state index in [1.807, 2.05) is 0 Å². The largest absolute Gasteiger partial charge is 0.314 e. The summed E-state index contributed by atoms with van der Waals surface area (Å²) >= 11 is 1.70. The fourth-order valence-corrected chi connectivity index (χ4v) is 2.28. The first-order valence-corrected chi connectivity index (χ1v) is 6.60. The molecule has 1 aromatic carbocycles. The fourth-order valence-electron chi connectivity index (χ4n) is 1.37. The van der Waals surface area contributed by atoms with Crippen molar-refractivity contribution in [2.45, 2.75) is 36.6 Å². The molecule has 1 aromatic rings. The molecule has 2 nitrogen and oxygen atoms in total. The normalized spacial score (nSPS) is 14.0. The quantitative estimate of drug-likeness (QED) is 0.624. The molecule has 0 aliphatic heterocycles. The minimum atomic E-state index is -0.708. The van der Waals surface area contributed by atoms with Gasteiger partial charge < -0.3 is 5.73 Å². The van der Waals surface area contributed by atoms with Gasteiger partial charge in [-0.25, -0.2) is 4.39 Å². The van der Waals surface area contributed by atoms with E-state index >= 15 is 0 Å². The number of unbranched alkanes of at least 4 members (excludes halogenated alkanes) is 1. The molecule has 17 heavy (non-hydrogen) atoms. The standard InChI is InChI=1S/C13H17FN2S/c1-13(16,10-15)8-2-3-9-17-12-6-4-11(14)5-7-12/h4-7H,2-3,8-9,16H2,1H3. The second kappa shape index (κ2) is 6.63. The van der Waals surface area contributed by atoms with Crippen LogP contribution in [0.1, 0.15) is 26.2 Å². The first-order valence-electron chi connectivity index (χ1n) is 5.62. The maximum absolute atomic E-state index is 12.6. The molecule has 0 amide bonds. The van der Waals surface area contributed by atoms with Crippen LogP contribution in [0.5, 0.6) is 0 Å². The molecule has 1 atom stereocenters. The highest BCUT2D eigenvalue weighted by molar-refractivity contribution is 7.99. The topological polar surface area (TPSA) is 49.8 Å². The summed E-state index contributed by atoms with van der Waals surface area (Å²) < 4.78 is 12.6. The van der Waals surface area contributed by atoms with Crippen molar-refractivity contribution >= 4 is 11.8 Å². The minimum absolute atomic E-state index is 0.206. The van der Waals surface area contributed by atoms with E-state index in [0.29, 0.717) is 6.42 Å². The van der Waals surface area contributed by atoms with Gasteiger partial charge >= 0.3 is 0 Å². The van der Waals surface area contributed by atoms with E-state index in [2.05, 4.69) is 6.07 Å². The molecule has 0 saturated heterocycles. The van der Waals surface area contributed by atoms with E-state index in [-0.39, 0.29) is 5.82 Å². The molecule has 0 spiro atoms. The molecular formula is C13H17FN2S. The van der Waals surface area contributed by atoms with Crippen LogP contribution in [-0.4, -0.2) is 11.3 Å². The smallest absolute Gasteiger partial charge is 0.123 e. The average Bonchev–Trinajstić information content (AvgIpc) is 2.31. The molecule has 92 valence electrons. The van der Waals surface area contributed by atoms with Crippen molar-refractivity contribution in [3.63, 3.8) is 0 Å². The lowest BCUT2D eigenvalue weighted by molar-refractivity contribution is 0.519. The molecule has 0 radical (unpaired) electrons. The van der Waals surface area contributed by atoms with E-state index in [9.17, 15) is 4.39 Å². The van der Waals surface area contributed by atoms with Crippen molar-refractivity contribution in [1.29, 1.82) is 5.26 Å². The van der Waals surface area contributed by atoms with Gasteiger partial charge in [0.15, 0.2) is 0 Å². The number of halogens is 1. The Labute approximate surface area is 106 Å². The van der Waals surface area contributed by atoms with Gasteiger partial charge in [-0.05, 0) is 56.2 Å². The molecule has 0 bridgehead atoms. The van der Waals surface area contributed by atoms with E-state index in [0.717, 1.165) is 23.5 Å². The number of benzene rings is 1. The van der Waals surface area contributed by atoms with Gasteiger partial charge in [-0.2, -0.15) is 5.26 Å². The Balaban J connectivity index is 2.17. The molecule has 0 heterocycles. The molecule has 0 fully saturated rings. The Morgan fingerprint density at radius 1 is 1.35 bits per heavy atom. The first-order chi connectivity index (χ1) is 8.03. The van der Waals surface area contributed by atoms with Crippen molar-refractivity contribution in [2.75, 3.05) is 5.75 Å². The van der Waals surface area contributed by atoms with Crippen LogP contribution in [0.15, 0.2) is 29.2 Å². The predicted octanol–water partition coefficient (Wildman–Crippen LogP) is 3.33. The molecule has 0 aliphatic carbocycles. The van der Waals surface area contributed by atoms with Gasteiger partial charge in [-0.1, -0.05) is 0 Å². The average molecular weight is 252 g/mol. The number of nitrogens with zero attached hydrogens (tertiary/aromatic N) is 1.